The van der Waals surface area contributed by atoms with Gasteiger partial charge in [0, 0.05) is 24.2 Å². The molecular formula is C38H54O9Si. The van der Waals surface area contributed by atoms with Crippen molar-refractivity contribution in [3.05, 3.63) is 59.7 Å². The van der Waals surface area contributed by atoms with Gasteiger partial charge in [0.15, 0.2) is 20.2 Å². The molecule has 1 unspecified atom stereocenters. The number of aliphatic hydroxyl groups is 1. The molecule has 2 aliphatic heterocycles. The van der Waals surface area contributed by atoms with E-state index in [0.29, 0.717) is 18.4 Å². The van der Waals surface area contributed by atoms with Gasteiger partial charge in [-0.3, -0.25) is 4.79 Å². The molecule has 0 amide bonds. The van der Waals surface area contributed by atoms with Gasteiger partial charge in [-0.2, -0.15) is 0 Å². The SMILES string of the molecule is C=CC1O[C@@H]2C3=C(C)[C@@H](O[Si](CC)(CC)CC)C[C@@](O)([C@@H](OC(=O)c4ccccc4)[C@H]4[C@@](C)(CC[C@H]5OC[C@]54OC(C)=O)[C@@H]2O1)C3(C)C. The van der Waals surface area contributed by atoms with Gasteiger partial charge in [0.1, 0.15) is 23.9 Å². The first-order valence-corrected chi connectivity index (χ1v) is 20.3. The zero-order valence-corrected chi connectivity index (χ0v) is 30.9. The van der Waals surface area contributed by atoms with Gasteiger partial charge in [-0.15, -0.1) is 0 Å². The number of hydrogen-bond acceptors (Lipinski definition) is 9. The Kier molecular flexibility index (Phi) is 9.21. The van der Waals surface area contributed by atoms with Crippen LogP contribution in [-0.4, -0.2) is 80.0 Å². The number of rotatable bonds is 9. The number of benzene rings is 1. The topological polar surface area (TPSA) is 110 Å². The standard InChI is InChI=1S/C38H54O9Si/c1-10-28-43-30-29-23(5)26(47-48(11-2,12-3)13-4)21-38(41,35(29,7)8)33(45-34(40)25-17-15-14-16-18-25)31-36(9,32(30)44-28)20-19-27-37(31,22-42-27)46-24(6)39/h10,14-18,26-28,30-33,41H,1,11-13,19-22H2,2-9H3/t26-,27+,28?,30+,31-,32+,33-,36+,37-,38+/m0/s1. The van der Waals surface area contributed by atoms with Gasteiger partial charge < -0.3 is 33.2 Å². The molecule has 3 aliphatic carbocycles. The molecule has 48 heavy (non-hydrogen) atoms. The van der Waals surface area contributed by atoms with Gasteiger partial charge in [-0.1, -0.05) is 66.3 Å². The van der Waals surface area contributed by atoms with Crippen molar-refractivity contribution in [2.75, 3.05) is 6.61 Å². The zero-order chi connectivity index (χ0) is 34.9. The predicted octanol–water partition coefficient (Wildman–Crippen LogP) is 6.51. The Labute approximate surface area is 286 Å². The fourth-order valence-corrected chi connectivity index (χ4v) is 12.9. The lowest BCUT2D eigenvalue weighted by Crippen LogP contribution is -2.79. The molecule has 6 rings (SSSR count). The van der Waals surface area contributed by atoms with Crippen molar-refractivity contribution in [3.63, 3.8) is 0 Å². The molecule has 264 valence electrons. The third-order valence-corrected chi connectivity index (χ3v) is 17.7. The van der Waals surface area contributed by atoms with E-state index >= 15 is 0 Å². The zero-order valence-electron chi connectivity index (χ0n) is 29.9. The minimum absolute atomic E-state index is 0.121. The van der Waals surface area contributed by atoms with Crippen LogP contribution in [0, 0.1) is 16.7 Å². The number of hydrogen-bond donors (Lipinski definition) is 1. The molecular weight excluding hydrogens is 628 g/mol. The number of esters is 2. The van der Waals surface area contributed by atoms with Crippen LogP contribution in [-0.2, 0) is 32.9 Å². The molecule has 1 aromatic carbocycles. The summed E-state index contributed by atoms with van der Waals surface area (Å²) in [7, 11) is -2.19. The Bertz CT molecular complexity index is 1450. The third kappa shape index (κ3) is 5.11. The predicted molar refractivity (Wildman–Crippen MR) is 183 cm³/mol. The molecule has 2 bridgehead atoms. The summed E-state index contributed by atoms with van der Waals surface area (Å²) in [6.45, 7) is 20.3. The van der Waals surface area contributed by atoms with Crippen molar-refractivity contribution in [2.24, 2.45) is 16.7 Å². The highest BCUT2D eigenvalue weighted by atomic mass is 28.4. The van der Waals surface area contributed by atoms with Crippen molar-refractivity contribution in [1.82, 2.24) is 0 Å². The lowest BCUT2D eigenvalue weighted by Gasteiger charge is -2.68. The van der Waals surface area contributed by atoms with Crippen LogP contribution in [0.25, 0.3) is 0 Å². The summed E-state index contributed by atoms with van der Waals surface area (Å²) in [5.41, 5.74) is -2.27. The van der Waals surface area contributed by atoms with Gasteiger partial charge >= 0.3 is 11.9 Å². The summed E-state index contributed by atoms with van der Waals surface area (Å²) in [6.07, 6.45) is -0.691. The molecule has 0 radical (unpaired) electrons. The molecule has 1 aromatic rings. The number of fused-ring (bicyclic) bond motifs is 8. The number of carbonyl (C=O) groups excluding carboxylic acids is 2. The normalized spacial score (nSPS) is 39.9. The van der Waals surface area contributed by atoms with Crippen molar-refractivity contribution in [2.45, 2.75) is 141 Å². The average molecular weight is 683 g/mol. The second-order valence-electron chi connectivity index (χ2n) is 15.5. The summed E-state index contributed by atoms with van der Waals surface area (Å²) < 4.78 is 39.9. The highest BCUT2D eigenvalue weighted by Gasteiger charge is 2.77. The van der Waals surface area contributed by atoms with Crippen LogP contribution in [0.4, 0.5) is 0 Å². The van der Waals surface area contributed by atoms with E-state index in [2.05, 4.69) is 41.2 Å². The Morgan fingerprint density at radius 1 is 1.08 bits per heavy atom. The Balaban J connectivity index is 1.63. The van der Waals surface area contributed by atoms with Crippen LogP contribution in [0.3, 0.4) is 0 Å². The fourth-order valence-electron chi connectivity index (χ4n) is 10.1. The summed E-state index contributed by atoms with van der Waals surface area (Å²) in [4.78, 5) is 27.1. The molecule has 4 fully saturated rings. The van der Waals surface area contributed by atoms with Gasteiger partial charge in [0.25, 0.3) is 0 Å². The highest BCUT2D eigenvalue weighted by Crippen LogP contribution is 2.66. The fraction of sp³-hybridized carbons (Fsp3) is 0.684. The van der Waals surface area contributed by atoms with Crippen LogP contribution in [0.15, 0.2) is 54.1 Å². The molecule has 9 nitrogen and oxygen atoms in total. The largest absolute Gasteiger partial charge is 0.455 e. The quantitative estimate of drug-likeness (QED) is 0.177. The number of ether oxygens (including phenoxy) is 5. The van der Waals surface area contributed by atoms with Gasteiger partial charge in [0.05, 0.1) is 30.3 Å². The lowest BCUT2D eigenvalue weighted by atomic mass is 9.45. The lowest BCUT2D eigenvalue weighted by molar-refractivity contribution is -0.345. The Morgan fingerprint density at radius 2 is 1.75 bits per heavy atom. The molecule has 0 aromatic heterocycles. The van der Waals surface area contributed by atoms with E-state index in [1.165, 1.54) is 6.92 Å². The van der Waals surface area contributed by atoms with E-state index < -0.39 is 85.0 Å². The summed E-state index contributed by atoms with van der Waals surface area (Å²) in [5.74, 6) is -1.71. The number of carbonyl (C=O) groups is 2. The van der Waals surface area contributed by atoms with Crippen LogP contribution in [0.1, 0.15) is 85.0 Å². The van der Waals surface area contributed by atoms with Crippen LogP contribution >= 0.6 is 0 Å². The van der Waals surface area contributed by atoms with Crippen LogP contribution < -0.4 is 0 Å². The average Bonchev–Trinajstić information content (AvgIpc) is 3.48. The van der Waals surface area contributed by atoms with E-state index in [1.54, 1.807) is 30.3 Å². The molecule has 2 heterocycles. The first-order chi connectivity index (χ1) is 22.7. The molecule has 2 saturated heterocycles. The van der Waals surface area contributed by atoms with Crippen molar-refractivity contribution >= 4 is 20.3 Å². The molecule has 2 saturated carbocycles. The maximum Gasteiger partial charge on any atom is 0.338 e. The van der Waals surface area contributed by atoms with Crippen molar-refractivity contribution in [3.8, 4) is 0 Å². The second kappa shape index (κ2) is 12.5. The maximum absolute atomic E-state index is 14.2. The van der Waals surface area contributed by atoms with Crippen LogP contribution in [0.5, 0.6) is 0 Å². The third-order valence-electron chi connectivity index (χ3n) is 13.0. The first kappa shape index (κ1) is 35.5. The van der Waals surface area contributed by atoms with Gasteiger partial charge in [0.2, 0.25) is 0 Å². The van der Waals surface area contributed by atoms with Crippen molar-refractivity contribution in [1.29, 1.82) is 0 Å². The smallest absolute Gasteiger partial charge is 0.338 e. The van der Waals surface area contributed by atoms with E-state index in [0.717, 1.165) is 29.3 Å². The molecule has 10 atom stereocenters. The molecule has 10 heteroatoms. The maximum atomic E-state index is 14.2. The second-order valence-corrected chi connectivity index (χ2v) is 20.2. The summed E-state index contributed by atoms with van der Waals surface area (Å²) in [6, 6.07) is 11.7. The molecule has 5 aliphatic rings. The minimum Gasteiger partial charge on any atom is -0.455 e. The van der Waals surface area contributed by atoms with E-state index in [-0.39, 0.29) is 13.0 Å². The first-order valence-electron chi connectivity index (χ1n) is 17.8. The Hall–Kier alpha value is -2.34. The summed E-state index contributed by atoms with van der Waals surface area (Å²) >= 11 is 0. The van der Waals surface area contributed by atoms with Crippen LogP contribution in [0.2, 0.25) is 18.1 Å². The highest BCUT2D eigenvalue weighted by molar-refractivity contribution is 6.73. The minimum atomic E-state index is -2.19. The van der Waals surface area contributed by atoms with Gasteiger partial charge in [-0.05, 0) is 67.3 Å². The van der Waals surface area contributed by atoms with Crippen molar-refractivity contribution < 1.29 is 42.8 Å². The van der Waals surface area contributed by atoms with E-state index in [1.807, 2.05) is 19.9 Å². The van der Waals surface area contributed by atoms with Gasteiger partial charge in [-0.25, -0.2) is 4.79 Å². The van der Waals surface area contributed by atoms with E-state index in [4.69, 9.17) is 28.1 Å². The molecule has 1 N–H and O–H groups in total. The summed E-state index contributed by atoms with van der Waals surface area (Å²) in [5, 5.41) is 13.7. The molecule has 0 spiro atoms. The monoisotopic (exact) mass is 682 g/mol. The van der Waals surface area contributed by atoms with E-state index in [9.17, 15) is 14.7 Å². The Morgan fingerprint density at radius 3 is 2.31 bits per heavy atom.